The second-order valence-corrected chi connectivity index (χ2v) is 3.37. The van der Waals surface area contributed by atoms with Crippen LogP contribution in [0.2, 0.25) is 0 Å². The first-order valence-corrected chi connectivity index (χ1v) is 4.44. The van der Waals surface area contributed by atoms with Gasteiger partial charge in [-0.05, 0) is 31.8 Å². The lowest BCUT2D eigenvalue weighted by Gasteiger charge is -2.16. The zero-order chi connectivity index (χ0) is 9.90. The number of alkyl halides is 3. The first-order chi connectivity index (χ1) is 6.00. The van der Waals surface area contributed by atoms with Gasteiger partial charge < -0.3 is 5.11 Å². The number of hydrogen-bond donors (Lipinski definition) is 1. The molecule has 1 saturated carbocycles. The summed E-state index contributed by atoms with van der Waals surface area (Å²) >= 11 is 0. The molecule has 0 unspecified atom stereocenters. The van der Waals surface area contributed by atoms with Gasteiger partial charge in [0.15, 0.2) is 6.10 Å². The molecule has 0 radical (unpaired) electrons. The van der Waals surface area contributed by atoms with Crippen molar-refractivity contribution in [3.8, 4) is 0 Å². The Morgan fingerprint density at radius 3 is 2.15 bits per heavy atom. The lowest BCUT2D eigenvalue weighted by atomic mass is 9.94. The molecule has 1 rings (SSSR count). The van der Waals surface area contributed by atoms with Gasteiger partial charge in [0.25, 0.3) is 0 Å². The van der Waals surface area contributed by atoms with Crippen LogP contribution in [0.5, 0.6) is 0 Å². The summed E-state index contributed by atoms with van der Waals surface area (Å²) in [6, 6.07) is 0. The van der Waals surface area contributed by atoms with Gasteiger partial charge in [0.05, 0.1) is 0 Å². The highest BCUT2D eigenvalue weighted by Gasteiger charge is 2.36. The molecule has 0 heterocycles. The van der Waals surface area contributed by atoms with Gasteiger partial charge in [0.1, 0.15) is 0 Å². The van der Waals surface area contributed by atoms with Gasteiger partial charge in [0, 0.05) is 0 Å². The molecule has 76 valence electrons. The van der Waals surface area contributed by atoms with Crippen molar-refractivity contribution >= 4 is 0 Å². The summed E-state index contributed by atoms with van der Waals surface area (Å²) in [5.74, 6) is 0. The second-order valence-electron chi connectivity index (χ2n) is 3.37. The molecule has 1 fully saturated rings. The van der Waals surface area contributed by atoms with E-state index in [4.69, 9.17) is 5.11 Å². The van der Waals surface area contributed by atoms with Crippen molar-refractivity contribution in [2.24, 2.45) is 0 Å². The lowest BCUT2D eigenvalue weighted by molar-refractivity contribution is -0.188. The number of hydrogen-bond acceptors (Lipinski definition) is 1. The van der Waals surface area contributed by atoms with Crippen molar-refractivity contribution in [1.82, 2.24) is 0 Å². The Bertz CT molecular complexity index is 188. The summed E-state index contributed by atoms with van der Waals surface area (Å²) in [7, 11) is 0. The third kappa shape index (κ3) is 3.38. The molecule has 0 aliphatic heterocycles. The van der Waals surface area contributed by atoms with Crippen LogP contribution in [-0.2, 0) is 0 Å². The molecule has 1 aliphatic carbocycles. The van der Waals surface area contributed by atoms with Crippen molar-refractivity contribution in [2.45, 2.75) is 44.4 Å². The zero-order valence-corrected chi connectivity index (χ0v) is 7.27. The molecular formula is C9H13F3O. The summed E-state index contributed by atoms with van der Waals surface area (Å²) in [5.41, 5.74) is 0.746. The van der Waals surface area contributed by atoms with Crippen molar-refractivity contribution in [1.29, 1.82) is 0 Å². The number of allylic oxidation sites excluding steroid dienone is 1. The first kappa shape index (κ1) is 10.6. The Kier molecular flexibility index (Phi) is 3.36. The summed E-state index contributed by atoms with van der Waals surface area (Å²) in [6.07, 6.45) is -1.46. The second kappa shape index (κ2) is 4.13. The van der Waals surface area contributed by atoms with E-state index < -0.39 is 12.3 Å². The predicted octanol–water partition coefficient (Wildman–Crippen LogP) is 2.80. The molecular weight excluding hydrogens is 181 g/mol. The Labute approximate surface area is 75.3 Å². The van der Waals surface area contributed by atoms with Crippen LogP contribution in [0, 0.1) is 0 Å². The van der Waals surface area contributed by atoms with Crippen LogP contribution in [0.1, 0.15) is 32.1 Å². The van der Waals surface area contributed by atoms with Crippen LogP contribution in [0.3, 0.4) is 0 Å². The lowest BCUT2D eigenvalue weighted by Crippen LogP contribution is -2.26. The van der Waals surface area contributed by atoms with Crippen LogP contribution in [0.25, 0.3) is 0 Å². The molecule has 0 saturated heterocycles. The highest BCUT2D eigenvalue weighted by Crippen LogP contribution is 2.27. The minimum atomic E-state index is -4.51. The monoisotopic (exact) mass is 194 g/mol. The van der Waals surface area contributed by atoms with Crippen molar-refractivity contribution in [3.63, 3.8) is 0 Å². The van der Waals surface area contributed by atoms with Crippen molar-refractivity contribution < 1.29 is 18.3 Å². The van der Waals surface area contributed by atoms with Crippen LogP contribution in [-0.4, -0.2) is 17.4 Å². The maximum absolute atomic E-state index is 11.9. The van der Waals surface area contributed by atoms with Gasteiger partial charge in [-0.15, -0.1) is 0 Å². The number of rotatable bonds is 1. The van der Waals surface area contributed by atoms with Crippen molar-refractivity contribution in [3.05, 3.63) is 11.6 Å². The summed E-state index contributed by atoms with van der Waals surface area (Å²) in [4.78, 5) is 0. The van der Waals surface area contributed by atoms with E-state index in [-0.39, 0.29) is 0 Å². The Balaban J connectivity index is 2.53. The van der Waals surface area contributed by atoms with Crippen LogP contribution < -0.4 is 0 Å². The molecule has 1 N–H and O–H groups in total. The zero-order valence-electron chi connectivity index (χ0n) is 7.27. The Morgan fingerprint density at radius 2 is 1.69 bits per heavy atom. The van der Waals surface area contributed by atoms with Gasteiger partial charge >= 0.3 is 6.18 Å². The molecule has 0 amide bonds. The number of halogens is 3. The molecule has 0 aromatic heterocycles. The van der Waals surface area contributed by atoms with Crippen LogP contribution >= 0.6 is 0 Å². The maximum atomic E-state index is 11.9. The van der Waals surface area contributed by atoms with Gasteiger partial charge in [-0.25, -0.2) is 0 Å². The fourth-order valence-corrected chi connectivity index (χ4v) is 1.49. The maximum Gasteiger partial charge on any atom is 0.417 e. The highest BCUT2D eigenvalue weighted by atomic mass is 19.4. The molecule has 13 heavy (non-hydrogen) atoms. The van der Waals surface area contributed by atoms with E-state index in [0.717, 1.165) is 30.9 Å². The topological polar surface area (TPSA) is 20.2 Å². The molecule has 1 aliphatic rings. The molecule has 0 bridgehead atoms. The minimum Gasteiger partial charge on any atom is -0.380 e. The molecule has 0 spiro atoms. The van der Waals surface area contributed by atoms with E-state index in [9.17, 15) is 13.2 Å². The van der Waals surface area contributed by atoms with E-state index >= 15 is 0 Å². The van der Waals surface area contributed by atoms with E-state index in [2.05, 4.69) is 0 Å². The fraction of sp³-hybridized carbons (Fsp3) is 0.778. The fourth-order valence-electron chi connectivity index (χ4n) is 1.49. The normalized spacial score (nSPS) is 21.4. The predicted molar refractivity (Wildman–Crippen MR) is 43.2 cm³/mol. The molecule has 1 atom stereocenters. The molecule has 1 nitrogen and oxygen atoms in total. The summed E-state index contributed by atoms with van der Waals surface area (Å²) in [6.45, 7) is 0. The molecule has 0 aromatic carbocycles. The Hall–Kier alpha value is -0.510. The summed E-state index contributed by atoms with van der Waals surface area (Å²) < 4.78 is 35.7. The van der Waals surface area contributed by atoms with E-state index in [1.165, 1.54) is 0 Å². The average Bonchev–Trinajstić information content (AvgIpc) is 2.04. The first-order valence-electron chi connectivity index (χ1n) is 4.44. The number of aliphatic hydroxyl groups is 1. The van der Waals surface area contributed by atoms with Crippen LogP contribution in [0.4, 0.5) is 13.2 Å². The SMILES string of the molecule is O[C@H](C=C1CCCCC1)C(F)(F)F. The molecule has 4 heteroatoms. The number of aliphatic hydroxyl groups excluding tert-OH is 1. The van der Waals surface area contributed by atoms with Crippen LogP contribution in [0.15, 0.2) is 11.6 Å². The third-order valence-electron chi connectivity index (χ3n) is 2.22. The van der Waals surface area contributed by atoms with E-state index in [1.54, 1.807) is 0 Å². The molecule has 0 aromatic rings. The Morgan fingerprint density at radius 1 is 1.15 bits per heavy atom. The largest absolute Gasteiger partial charge is 0.417 e. The smallest absolute Gasteiger partial charge is 0.380 e. The van der Waals surface area contributed by atoms with Gasteiger partial charge in [-0.2, -0.15) is 13.2 Å². The summed E-state index contributed by atoms with van der Waals surface area (Å²) in [5, 5.41) is 8.74. The van der Waals surface area contributed by atoms with Gasteiger partial charge in [-0.3, -0.25) is 0 Å². The quantitative estimate of drug-likeness (QED) is 0.636. The minimum absolute atomic E-state index is 0.702. The van der Waals surface area contributed by atoms with Gasteiger partial charge in [-0.1, -0.05) is 12.0 Å². The van der Waals surface area contributed by atoms with E-state index in [1.807, 2.05) is 0 Å². The third-order valence-corrected chi connectivity index (χ3v) is 2.22. The standard InChI is InChI=1S/C9H13F3O/c10-9(11,12)8(13)6-7-4-2-1-3-5-7/h6,8,13H,1-5H2/t8-/m1/s1. The van der Waals surface area contributed by atoms with Crippen molar-refractivity contribution in [2.75, 3.05) is 0 Å². The van der Waals surface area contributed by atoms with Gasteiger partial charge in [0.2, 0.25) is 0 Å². The highest BCUT2D eigenvalue weighted by molar-refractivity contribution is 5.08. The van der Waals surface area contributed by atoms with E-state index in [0.29, 0.717) is 12.8 Å². The average molecular weight is 194 g/mol.